The zero-order valence-corrected chi connectivity index (χ0v) is 11.1. The fourth-order valence-electron chi connectivity index (χ4n) is 1.96. The highest BCUT2D eigenvalue weighted by Gasteiger charge is 2.16. The Bertz CT molecular complexity index is 406. The van der Waals surface area contributed by atoms with E-state index in [2.05, 4.69) is 0 Å². The number of benzene rings is 1. The van der Waals surface area contributed by atoms with Gasteiger partial charge in [-0.15, -0.1) is 0 Å². The van der Waals surface area contributed by atoms with Crippen LogP contribution >= 0.6 is 0 Å². The van der Waals surface area contributed by atoms with Crippen molar-refractivity contribution in [2.24, 2.45) is 0 Å². The van der Waals surface area contributed by atoms with Crippen molar-refractivity contribution in [3.8, 4) is 0 Å². The van der Waals surface area contributed by atoms with Gasteiger partial charge in [0.25, 0.3) is 6.43 Å². The third kappa shape index (κ3) is 4.95. The van der Waals surface area contributed by atoms with Crippen molar-refractivity contribution >= 4 is 5.97 Å². The topological polar surface area (TPSA) is 40.5 Å². The number of rotatable bonds is 7. The SMILES string of the molecule is CCN(Cc1ccc(C(F)F)cc1)C(C)CC(=O)O. The van der Waals surface area contributed by atoms with Crippen molar-refractivity contribution in [3.63, 3.8) is 0 Å². The van der Waals surface area contributed by atoms with Gasteiger partial charge in [0.05, 0.1) is 6.42 Å². The summed E-state index contributed by atoms with van der Waals surface area (Å²) in [4.78, 5) is 12.7. The summed E-state index contributed by atoms with van der Waals surface area (Å²) in [5.74, 6) is -0.834. The number of carbonyl (C=O) groups is 1. The minimum Gasteiger partial charge on any atom is -0.481 e. The second-order valence-corrected chi connectivity index (χ2v) is 4.55. The minimum atomic E-state index is -2.46. The number of carboxylic acid groups (broad SMARTS) is 1. The minimum absolute atomic E-state index is 0.00498. The Morgan fingerprint density at radius 1 is 1.32 bits per heavy atom. The number of nitrogens with zero attached hydrogens (tertiary/aromatic N) is 1. The van der Waals surface area contributed by atoms with Crippen molar-refractivity contribution in [3.05, 3.63) is 35.4 Å². The van der Waals surface area contributed by atoms with Crippen LogP contribution in [0.5, 0.6) is 0 Å². The lowest BCUT2D eigenvalue weighted by molar-refractivity contribution is -0.138. The first-order chi connectivity index (χ1) is 8.93. The molecule has 1 aromatic carbocycles. The normalized spacial score (nSPS) is 12.9. The van der Waals surface area contributed by atoms with Crippen LogP contribution in [0.25, 0.3) is 0 Å². The van der Waals surface area contributed by atoms with Gasteiger partial charge in [0.1, 0.15) is 0 Å². The smallest absolute Gasteiger partial charge is 0.304 e. The number of carboxylic acids is 1. The van der Waals surface area contributed by atoms with Gasteiger partial charge in [0.2, 0.25) is 0 Å². The summed E-state index contributed by atoms with van der Waals surface area (Å²) in [6, 6.07) is 6.07. The molecule has 0 radical (unpaired) electrons. The van der Waals surface area contributed by atoms with Crippen LogP contribution in [0.15, 0.2) is 24.3 Å². The fraction of sp³-hybridized carbons (Fsp3) is 0.500. The molecule has 0 aliphatic heterocycles. The lowest BCUT2D eigenvalue weighted by Crippen LogP contribution is -2.34. The van der Waals surface area contributed by atoms with E-state index in [9.17, 15) is 13.6 Å². The molecular formula is C14H19F2NO2. The molecule has 5 heteroatoms. The van der Waals surface area contributed by atoms with Gasteiger partial charge in [-0.05, 0) is 19.0 Å². The first-order valence-corrected chi connectivity index (χ1v) is 6.26. The highest BCUT2D eigenvalue weighted by molar-refractivity contribution is 5.67. The first kappa shape index (κ1) is 15.6. The summed E-state index contributed by atoms with van der Waals surface area (Å²) in [7, 11) is 0. The average Bonchev–Trinajstić information content (AvgIpc) is 2.35. The van der Waals surface area contributed by atoms with Gasteiger partial charge in [-0.3, -0.25) is 9.69 Å². The van der Waals surface area contributed by atoms with Crippen LogP contribution in [0.1, 0.15) is 37.8 Å². The Morgan fingerprint density at radius 2 is 1.89 bits per heavy atom. The van der Waals surface area contributed by atoms with Gasteiger partial charge < -0.3 is 5.11 Å². The van der Waals surface area contributed by atoms with Crippen LogP contribution < -0.4 is 0 Å². The van der Waals surface area contributed by atoms with Crippen LogP contribution in [0.4, 0.5) is 8.78 Å². The summed E-state index contributed by atoms with van der Waals surface area (Å²) in [6.07, 6.45) is -2.38. The zero-order chi connectivity index (χ0) is 14.4. The van der Waals surface area contributed by atoms with Gasteiger partial charge in [0, 0.05) is 18.2 Å². The predicted molar refractivity (Wildman–Crippen MR) is 69.2 cm³/mol. The van der Waals surface area contributed by atoms with Crippen LogP contribution in [-0.2, 0) is 11.3 Å². The molecule has 1 unspecified atom stereocenters. The van der Waals surface area contributed by atoms with Crippen molar-refractivity contribution in [1.29, 1.82) is 0 Å². The molecule has 0 aliphatic rings. The summed E-state index contributed by atoms with van der Waals surface area (Å²) in [5, 5.41) is 8.78. The molecule has 1 aromatic rings. The molecule has 0 aliphatic carbocycles. The van der Waals surface area contributed by atoms with Gasteiger partial charge >= 0.3 is 5.97 Å². The van der Waals surface area contributed by atoms with Gasteiger partial charge in [-0.2, -0.15) is 0 Å². The highest BCUT2D eigenvalue weighted by Crippen LogP contribution is 2.19. The van der Waals surface area contributed by atoms with E-state index < -0.39 is 12.4 Å². The van der Waals surface area contributed by atoms with Gasteiger partial charge in [0.15, 0.2) is 0 Å². The molecule has 0 fully saturated rings. The average molecular weight is 271 g/mol. The maximum Gasteiger partial charge on any atom is 0.304 e. The molecule has 0 aromatic heterocycles. The van der Waals surface area contributed by atoms with E-state index in [0.717, 1.165) is 5.56 Å². The lowest BCUT2D eigenvalue weighted by atomic mass is 10.1. The Morgan fingerprint density at radius 3 is 2.32 bits per heavy atom. The molecule has 19 heavy (non-hydrogen) atoms. The third-order valence-electron chi connectivity index (χ3n) is 3.12. The van der Waals surface area contributed by atoms with E-state index >= 15 is 0 Å². The second kappa shape index (κ2) is 7.19. The molecule has 1 rings (SSSR count). The Hall–Kier alpha value is -1.49. The number of hydrogen-bond acceptors (Lipinski definition) is 2. The van der Waals surface area contributed by atoms with E-state index in [4.69, 9.17) is 5.11 Å². The molecule has 1 N–H and O–H groups in total. The summed E-state index contributed by atoms with van der Waals surface area (Å²) < 4.78 is 24.8. The molecule has 0 spiro atoms. The predicted octanol–water partition coefficient (Wildman–Crippen LogP) is 3.31. The van der Waals surface area contributed by atoms with Crippen LogP contribution in [0, 0.1) is 0 Å². The molecular weight excluding hydrogens is 252 g/mol. The van der Waals surface area contributed by atoms with Crippen molar-refractivity contribution in [2.45, 2.75) is 39.3 Å². The van der Waals surface area contributed by atoms with Gasteiger partial charge in [-0.25, -0.2) is 8.78 Å². The number of alkyl halides is 2. The van der Waals surface area contributed by atoms with E-state index in [1.54, 1.807) is 12.1 Å². The summed E-state index contributed by atoms with van der Waals surface area (Å²) >= 11 is 0. The quantitative estimate of drug-likeness (QED) is 0.827. The van der Waals surface area contributed by atoms with Crippen molar-refractivity contribution < 1.29 is 18.7 Å². The fourth-order valence-corrected chi connectivity index (χ4v) is 1.96. The zero-order valence-electron chi connectivity index (χ0n) is 11.1. The largest absolute Gasteiger partial charge is 0.481 e. The van der Waals surface area contributed by atoms with E-state index in [0.29, 0.717) is 13.1 Å². The number of hydrogen-bond donors (Lipinski definition) is 1. The molecule has 0 saturated carbocycles. The maximum atomic E-state index is 12.4. The number of aliphatic carboxylic acids is 1. The summed E-state index contributed by atoms with van der Waals surface area (Å²) in [6.45, 7) is 5.08. The number of halogens is 2. The van der Waals surface area contributed by atoms with Crippen molar-refractivity contribution in [1.82, 2.24) is 4.90 Å². The Kier molecular flexibility index (Phi) is 5.89. The van der Waals surface area contributed by atoms with Crippen LogP contribution in [0.2, 0.25) is 0 Å². The standard InChI is InChI=1S/C14H19F2NO2/c1-3-17(10(2)8-13(18)19)9-11-4-6-12(7-5-11)14(15)16/h4-7,10,14H,3,8-9H2,1-2H3,(H,18,19). The molecule has 0 amide bonds. The van der Waals surface area contributed by atoms with E-state index in [-0.39, 0.29) is 18.0 Å². The maximum absolute atomic E-state index is 12.4. The molecule has 106 valence electrons. The Balaban J connectivity index is 2.67. The third-order valence-corrected chi connectivity index (χ3v) is 3.12. The van der Waals surface area contributed by atoms with Gasteiger partial charge in [-0.1, -0.05) is 31.2 Å². The van der Waals surface area contributed by atoms with Crippen LogP contribution in [-0.4, -0.2) is 28.6 Å². The van der Waals surface area contributed by atoms with Crippen molar-refractivity contribution in [2.75, 3.05) is 6.54 Å². The monoisotopic (exact) mass is 271 g/mol. The Labute approximate surface area is 111 Å². The van der Waals surface area contributed by atoms with E-state index in [1.807, 2.05) is 18.7 Å². The van der Waals surface area contributed by atoms with Crippen LogP contribution in [0.3, 0.4) is 0 Å². The molecule has 1 atom stereocenters. The molecule has 3 nitrogen and oxygen atoms in total. The molecule has 0 saturated heterocycles. The highest BCUT2D eigenvalue weighted by atomic mass is 19.3. The second-order valence-electron chi connectivity index (χ2n) is 4.55. The molecule has 0 heterocycles. The first-order valence-electron chi connectivity index (χ1n) is 6.26. The van der Waals surface area contributed by atoms with E-state index in [1.165, 1.54) is 12.1 Å². The lowest BCUT2D eigenvalue weighted by Gasteiger charge is -2.26. The summed E-state index contributed by atoms with van der Waals surface area (Å²) in [5.41, 5.74) is 0.911. The molecule has 0 bridgehead atoms.